The summed E-state index contributed by atoms with van der Waals surface area (Å²) in [6.07, 6.45) is 0. The third kappa shape index (κ3) is 1.48. The van der Waals surface area contributed by atoms with Crippen LogP contribution in [0, 0.1) is 0 Å². The number of rotatable bonds is 0. The molecule has 0 spiro atoms. The Bertz CT molecular complexity index is 534. The summed E-state index contributed by atoms with van der Waals surface area (Å²) in [6, 6.07) is 3.81. The molecule has 90 valence electrons. The highest BCUT2D eigenvalue weighted by atomic mass is 79.9. The van der Waals surface area contributed by atoms with Crippen LogP contribution in [0.5, 0.6) is 0 Å². The average Bonchev–Trinajstić information content (AvgIpc) is 2.25. The van der Waals surface area contributed by atoms with E-state index >= 15 is 0 Å². The molecule has 0 bridgehead atoms. The zero-order chi connectivity index (χ0) is 13.0. The van der Waals surface area contributed by atoms with E-state index in [0.29, 0.717) is 4.47 Å². The molecule has 4 N–H and O–H groups in total. The minimum atomic E-state index is -3.56. The fourth-order valence-corrected chi connectivity index (χ4v) is 1.96. The number of hydrogen-bond donors (Lipinski definition) is 4. The number of fused-ring (bicyclic) bond motifs is 1. The van der Waals surface area contributed by atoms with Crippen molar-refractivity contribution in [2.45, 2.75) is 11.6 Å². The average molecular weight is 303 g/mol. The van der Waals surface area contributed by atoms with Crippen LogP contribution in [0.3, 0.4) is 0 Å². The fraction of sp³-hybridized carbons (Fsp3) is 0.200. The minimum absolute atomic E-state index is 0.276. The summed E-state index contributed by atoms with van der Waals surface area (Å²) in [6.45, 7) is 0. The van der Waals surface area contributed by atoms with E-state index in [1.807, 2.05) is 0 Å². The van der Waals surface area contributed by atoms with E-state index in [4.69, 9.17) is 0 Å². The number of ketones is 2. The quantitative estimate of drug-likeness (QED) is 0.466. The lowest BCUT2D eigenvalue weighted by Crippen LogP contribution is -2.66. The van der Waals surface area contributed by atoms with Gasteiger partial charge in [-0.1, -0.05) is 15.9 Å². The standard InChI is InChI=1S/C10H7BrO6/c11-4-1-2-5-6(3-4)8(13)10(16,17)9(14,15)7(5)12/h1-3,14-17H. The molecule has 0 aromatic heterocycles. The van der Waals surface area contributed by atoms with E-state index < -0.39 is 23.1 Å². The highest BCUT2D eigenvalue weighted by molar-refractivity contribution is 9.10. The summed E-state index contributed by atoms with van der Waals surface area (Å²) in [7, 11) is 0. The predicted molar refractivity (Wildman–Crippen MR) is 57.1 cm³/mol. The van der Waals surface area contributed by atoms with Gasteiger partial charge in [0.1, 0.15) is 0 Å². The SMILES string of the molecule is O=C1c2ccc(Br)cc2C(=O)C(O)(O)C1(O)O. The number of carbonyl (C=O) groups excluding carboxylic acids is 2. The van der Waals surface area contributed by atoms with Gasteiger partial charge in [-0.15, -0.1) is 0 Å². The normalized spacial score (nSPS) is 21.2. The molecular formula is C10H7BrO6. The highest BCUT2D eigenvalue weighted by Gasteiger charge is 2.62. The van der Waals surface area contributed by atoms with Crippen molar-refractivity contribution in [1.82, 2.24) is 0 Å². The predicted octanol–water partition coefficient (Wildman–Crippen LogP) is -0.810. The van der Waals surface area contributed by atoms with Crippen molar-refractivity contribution < 1.29 is 30.0 Å². The monoisotopic (exact) mass is 302 g/mol. The van der Waals surface area contributed by atoms with E-state index in [2.05, 4.69) is 15.9 Å². The summed E-state index contributed by atoms with van der Waals surface area (Å²) in [5, 5.41) is 37.4. The maximum Gasteiger partial charge on any atom is 0.292 e. The molecule has 0 radical (unpaired) electrons. The van der Waals surface area contributed by atoms with Crippen LogP contribution in [0.25, 0.3) is 0 Å². The van der Waals surface area contributed by atoms with Gasteiger partial charge in [0.05, 0.1) is 0 Å². The molecule has 1 aliphatic rings. The van der Waals surface area contributed by atoms with Crippen molar-refractivity contribution in [2.24, 2.45) is 0 Å². The first kappa shape index (κ1) is 12.3. The van der Waals surface area contributed by atoms with E-state index in [-0.39, 0.29) is 11.1 Å². The number of benzene rings is 1. The molecule has 0 unspecified atom stereocenters. The van der Waals surface area contributed by atoms with Crippen molar-refractivity contribution in [3.05, 3.63) is 33.8 Å². The molecule has 1 aromatic rings. The zero-order valence-corrected chi connectivity index (χ0v) is 9.80. The molecular weight excluding hydrogens is 296 g/mol. The van der Waals surface area contributed by atoms with Gasteiger partial charge in [0.25, 0.3) is 11.6 Å². The van der Waals surface area contributed by atoms with Crippen LogP contribution < -0.4 is 0 Å². The van der Waals surface area contributed by atoms with Crippen LogP contribution >= 0.6 is 15.9 Å². The lowest BCUT2D eigenvalue weighted by Gasteiger charge is -2.36. The topological polar surface area (TPSA) is 115 Å². The van der Waals surface area contributed by atoms with Crippen molar-refractivity contribution in [1.29, 1.82) is 0 Å². The van der Waals surface area contributed by atoms with Crippen LogP contribution in [0.15, 0.2) is 22.7 Å². The smallest absolute Gasteiger partial charge is 0.292 e. The molecule has 17 heavy (non-hydrogen) atoms. The number of aliphatic hydroxyl groups is 4. The Morgan fingerprint density at radius 2 is 1.35 bits per heavy atom. The summed E-state index contributed by atoms with van der Waals surface area (Å²) in [5.74, 6) is -9.80. The minimum Gasteiger partial charge on any atom is -0.355 e. The van der Waals surface area contributed by atoms with E-state index in [0.717, 1.165) is 0 Å². The van der Waals surface area contributed by atoms with Gasteiger partial charge in [0.2, 0.25) is 11.6 Å². The lowest BCUT2D eigenvalue weighted by molar-refractivity contribution is -0.299. The molecule has 7 heteroatoms. The van der Waals surface area contributed by atoms with Crippen molar-refractivity contribution in [2.75, 3.05) is 0 Å². The Kier molecular flexibility index (Phi) is 2.49. The molecule has 0 aliphatic heterocycles. The van der Waals surface area contributed by atoms with Gasteiger partial charge in [-0.2, -0.15) is 0 Å². The second-order valence-corrected chi connectivity index (χ2v) is 4.61. The summed E-state index contributed by atoms with van der Waals surface area (Å²) in [5.41, 5.74) is -0.560. The van der Waals surface area contributed by atoms with Gasteiger partial charge in [-0.3, -0.25) is 9.59 Å². The molecule has 6 nitrogen and oxygen atoms in total. The Hall–Kier alpha value is -1.12. The van der Waals surface area contributed by atoms with Gasteiger partial charge in [0, 0.05) is 15.6 Å². The molecule has 1 aliphatic carbocycles. The molecule has 0 atom stereocenters. The van der Waals surface area contributed by atoms with Gasteiger partial charge in [-0.25, -0.2) is 0 Å². The van der Waals surface area contributed by atoms with Crippen LogP contribution in [-0.4, -0.2) is 43.6 Å². The Balaban J connectivity index is 2.77. The largest absolute Gasteiger partial charge is 0.355 e. The second kappa shape index (κ2) is 3.44. The first-order chi connectivity index (χ1) is 7.69. The summed E-state index contributed by atoms with van der Waals surface area (Å²) in [4.78, 5) is 23.3. The molecule has 0 heterocycles. The van der Waals surface area contributed by atoms with Gasteiger partial charge in [0.15, 0.2) is 0 Å². The summed E-state index contributed by atoms with van der Waals surface area (Å²) >= 11 is 3.05. The van der Waals surface area contributed by atoms with Gasteiger partial charge in [-0.05, 0) is 18.2 Å². The van der Waals surface area contributed by atoms with Crippen LogP contribution in [-0.2, 0) is 0 Å². The maximum absolute atomic E-state index is 11.7. The van der Waals surface area contributed by atoms with Gasteiger partial charge < -0.3 is 20.4 Å². The molecule has 0 amide bonds. The maximum atomic E-state index is 11.7. The van der Waals surface area contributed by atoms with Crippen molar-refractivity contribution in [3.63, 3.8) is 0 Å². The highest BCUT2D eigenvalue weighted by Crippen LogP contribution is 2.34. The van der Waals surface area contributed by atoms with Crippen LogP contribution in [0.4, 0.5) is 0 Å². The van der Waals surface area contributed by atoms with E-state index in [1.165, 1.54) is 18.2 Å². The molecule has 2 rings (SSSR count). The summed E-state index contributed by atoms with van der Waals surface area (Å²) < 4.78 is 0.441. The first-order valence-electron chi connectivity index (χ1n) is 4.48. The van der Waals surface area contributed by atoms with Crippen LogP contribution in [0.1, 0.15) is 20.7 Å². The number of halogens is 1. The van der Waals surface area contributed by atoms with Crippen LogP contribution in [0.2, 0.25) is 0 Å². The first-order valence-corrected chi connectivity index (χ1v) is 5.27. The number of Topliss-reactive ketones (excluding diaryl/α,β-unsaturated/α-hetero) is 2. The zero-order valence-electron chi connectivity index (χ0n) is 8.22. The van der Waals surface area contributed by atoms with Crippen molar-refractivity contribution in [3.8, 4) is 0 Å². The lowest BCUT2D eigenvalue weighted by atomic mass is 9.81. The molecule has 0 fully saturated rings. The number of hydrogen-bond acceptors (Lipinski definition) is 6. The third-order valence-corrected chi connectivity index (χ3v) is 3.08. The van der Waals surface area contributed by atoms with Crippen molar-refractivity contribution >= 4 is 27.5 Å². The van der Waals surface area contributed by atoms with E-state index in [9.17, 15) is 30.0 Å². The third-order valence-electron chi connectivity index (χ3n) is 2.59. The Labute approximate surface area is 103 Å². The van der Waals surface area contributed by atoms with E-state index in [1.54, 1.807) is 0 Å². The van der Waals surface area contributed by atoms with Gasteiger partial charge >= 0.3 is 0 Å². The number of carbonyl (C=O) groups is 2. The molecule has 1 aromatic carbocycles. The molecule has 0 saturated heterocycles. The Morgan fingerprint density at radius 3 is 1.88 bits per heavy atom. The fourth-order valence-electron chi connectivity index (χ4n) is 1.59. The molecule has 0 saturated carbocycles. The second-order valence-electron chi connectivity index (χ2n) is 3.69. The Morgan fingerprint density at radius 1 is 0.882 bits per heavy atom.